The van der Waals surface area contributed by atoms with Gasteiger partial charge in [0, 0.05) is 37.0 Å². The number of nitrogens with zero attached hydrogens (tertiary/aromatic N) is 2. The van der Waals surface area contributed by atoms with E-state index in [1.54, 1.807) is 11.4 Å². The fourth-order valence-corrected chi connectivity index (χ4v) is 4.33. The highest BCUT2D eigenvalue weighted by Crippen LogP contribution is 2.32. The van der Waals surface area contributed by atoms with E-state index in [0.717, 1.165) is 39.8 Å². The number of aromatic nitrogens is 1. The normalized spacial score (nSPS) is 16.8. The van der Waals surface area contributed by atoms with Gasteiger partial charge in [-0.3, -0.25) is 4.98 Å². The van der Waals surface area contributed by atoms with Crippen LogP contribution in [-0.4, -0.2) is 33.4 Å². The van der Waals surface area contributed by atoms with Gasteiger partial charge in [-0.25, -0.2) is 13.3 Å². The molecule has 1 atom stereocenters. The van der Waals surface area contributed by atoms with Gasteiger partial charge in [0.05, 0.1) is 12.6 Å². The number of hydrogen-bond donors (Lipinski definition) is 1. The summed E-state index contributed by atoms with van der Waals surface area (Å²) in [6, 6.07) is 14.4. The van der Waals surface area contributed by atoms with Crippen LogP contribution in [0.25, 0.3) is 22.0 Å². The van der Waals surface area contributed by atoms with Gasteiger partial charge < -0.3 is 4.74 Å². The Morgan fingerprint density at radius 1 is 1.15 bits per heavy atom. The molecule has 0 radical (unpaired) electrons. The Morgan fingerprint density at radius 3 is 2.77 bits per heavy atom. The number of rotatable bonds is 3. The second kappa shape index (κ2) is 6.37. The molecule has 1 N–H and O–H groups in total. The molecule has 2 heterocycles. The van der Waals surface area contributed by atoms with E-state index in [2.05, 4.69) is 23.2 Å². The second-order valence-corrected chi connectivity index (χ2v) is 8.76. The fourth-order valence-electron chi connectivity index (χ4n) is 3.50. The third-order valence-electron chi connectivity index (χ3n) is 4.94. The minimum absolute atomic E-state index is 0.554. The summed E-state index contributed by atoms with van der Waals surface area (Å²) in [5, 5.41) is 1.07. The number of nitrogens with one attached hydrogen (secondary N) is 1. The molecule has 2 aromatic carbocycles. The number of methoxy groups -OCH3 is 1. The van der Waals surface area contributed by atoms with Crippen molar-refractivity contribution in [1.82, 2.24) is 9.29 Å². The molecule has 26 heavy (non-hydrogen) atoms. The summed E-state index contributed by atoms with van der Waals surface area (Å²) in [4.78, 5) is 4.46. The molecule has 0 saturated heterocycles. The lowest BCUT2D eigenvalue weighted by Gasteiger charge is -2.28. The summed E-state index contributed by atoms with van der Waals surface area (Å²) in [5.74, 6) is 0.788. The molecule has 0 fully saturated rings. The average molecular weight is 367 g/mol. The van der Waals surface area contributed by atoms with Gasteiger partial charge in [0.1, 0.15) is 15.7 Å². The Bertz CT molecular complexity index is 1090. The van der Waals surface area contributed by atoms with Crippen molar-refractivity contribution in [1.29, 1.82) is 4.78 Å². The third-order valence-corrected chi connectivity index (χ3v) is 6.23. The van der Waals surface area contributed by atoms with Gasteiger partial charge in [-0.2, -0.15) is 0 Å². The molecule has 1 aliphatic heterocycles. The molecule has 0 aliphatic carbocycles. The first-order chi connectivity index (χ1) is 12.5. The maximum atomic E-state index is 12.1. The molecule has 6 heteroatoms. The summed E-state index contributed by atoms with van der Waals surface area (Å²) in [6.45, 7) is 1.22. The topological polar surface area (TPSA) is 66.3 Å². The van der Waals surface area contributed by atoms with Crippen molar-refractivity contribution in [3.05, 3.63) is 59.8 Å². The highest BCUT2D eigenvalue weighted by Gasteiger charge is 2.21. The van der Waals surface area contributed by atoms with Crippen molar-refractivity contribution >= 4 is 20.8 Å². The number of ether oxygens (including phenoxy) is 1. The van der Waals surface area contributed by atoms with E-state index in [9.17, 15) is 4.21 Å². The maximum absolute atomic E-state index is 12.1. The van der Waals surface area contributed by atoms with Crippen LogP contribution >= 0.6 is 0 Å². The number of hydrogen-bond acceptors (Lipinski definition) is 4. The highest BCUT2D eigenvalue weighted by atomic mass is 32.2. The van der Waals surface area contributed by atoms with Crippen molar-refractivity contribution in [3.63, 3.8) is 0 Å². The van der Waals surface area contributed by atoms with Gasteiger partial charge in [0.25, 0.3) is 0 Å². The van der Waals surface area contributed by atoms with Crippen LogP contribution in [0.5, 0.6) is 5.75 Å². The molecular weight excluding hydrogens is 346 g/mol. The van der Waals surface area contributed by atoms with Crippen LogP contribution in [0.3, 0.4) is 0 Å². The zero-order chi connectivity index (χ0) is 18.3. The molecule has 1 aliphatic rings. The van der Waals surface area contributed by atoms with E-state index in [1.165, 1.54) is 11.8 Å². The Labute approximate surface area is 153 Å². The SMILES string of the molecule is COc1ccc2c(-c3ccc4c(c3)CN([S@](C)(=N)=O)CC4)ccnc2c1. The predicted molar refractivity (Wildman–Crippen MR) is 105 cm³/mol. The number of pyridine rings is 1. The van der Waals surface area contributed by atoms with Crippen molar-refractivity contribution in [2.75, 3.05) is 19.9 Å². The lowest BCUT2D eigenvalue weighted by molar-refractivity contribution is 0.415. The summed E-state index contributed by atoms with van der Waals surface area (Å²) < 4.78 is 27.0. The van der Waals surface area contributed by atoms with E-state index in [1.807, 2.05) is 30.5 Å². The van der Waals surface area contributed by atoms with Crippen molar-refractivity contribution in [2.45, 2.75) is 13.0 Å². The minimum Gasteiger partial charge on any atom is -0.497 e. The van der Waals surface area contributed by atoms with E-state index < -0.39 is 9.92 Å². The summed E-state index contributed by atoms with van der Waals surface area (Å²) in [6.07, 6.45) is 4.13. The lowest BCUT2D eigenvalue weighted by Crippen LogP contribution is -2.34. The first-order valence-corrected chi connectivity index (χ1v) is 10.4. The molecule has 5 nitrogen and oxygen atoms in total. The number of fused-ring (bicyclic) bond motifs is 2. The van der Waals surface area contributed by atoms with Crippen LogP contribution in [-0.2, 0) is 22.9 Å². The molecule has 134 valence electrons. The van der Waals surface area contributed by atoms with Gasteiger partial charge in [0.2, 0.25) is 0 Å². The fraction of sp³-hybridized carbons (Fsp3) is 0.250. The minimum atomic E-state index is -2.68. The highest BCUT2D eigenvalue weighted by molar-refractivity contribution is 7.89. The molecular formula is C20H21N3O2S. The van der Waals surface area contributed by atoms with E-state index in [4.69, 9.17) is 9.52 Å². The largest absolute Gasteiger partial charge is 0.497 e. The summed E-state index contributed by atoms with van der Waals surface area (Å²) in [5.41, 5.74) is 5.53. The standard InChI is InChI=1S/C20H21N3O2S/c1-25-17-5-6-19-18(7-9-22-20(19)12-17)15-4-3-14-8-10-23(26(2,21)24)13-16(14)11-15/h3-7,9,11-12,21H,8,10,13H2,1-2H3/t26-/m0/s1. The smallest absolute Gasteiger partial charge is 0.121 e. The van der Waals surface area contributed by atoms with Gasteiger partial charge in [-0.1, -0.05) is 12.1 Å². The molecule has 0 spiro atoms. The van der Waals surface area contributed by atoms with Crippen molar-refractivity contribution in [2.24, 2.45) is 0 Å². The quantitative estimate of drug-likeness (QED) is 0.764. The Balaban J connectivity index is 1.79. The molecule has 1 aromatic heterocycles. The zero-order valence-corrected chi connectivity index (χ0v) is 15.7. The second-order valence-electron chi connectivity index (χ2n) is 6.64. The average Bonchev–Trinajstić information content (AvgIpc) is 2.65. The van der Waals surface area contributed by atoms with Crippen LogP contribution in [0.2, 0.25) is 0 Å². The Kier molecular flexibility index (Phi) is 4.17. The van der Waals surface area contributed by atoms with Gasteiger partial charge in [0.15, 0.2) is 0 Å². The molecule has 0 amide bonds. The van der Waals surface area contributed by atoms with Crippen LogP contribution < -0.4 is 4.74 Å². The first-order valence-electron chi connectivity index (χ1n) is 8.49. The predicted octanol–water partition coefficient (Wildman–Crippen LogP) is 3.86. The Hall–Kier alpha value is -2.44. The van der Waals surface area contributed by atoms with Crippen LogP contribution in [0.4, 0.5) is 0 Å². The monoisotopic (exact) mass is 367 g/mol. The maximum Gasteiger partial charge on any atom is 0.121 e. The molecule has 0 unspecified atom stereocenters. The van der Waals surface area contributed by atoms with E-state index in [-0.39, 0.29) is 0 Å². The summed E-state index contributed by atoms with van der Waals surface area (Å²) >= 11 is 0. The first kappa shape index (κ1) is 17.0. The molecule has 0 saturated carbocycles. The zero-order valence-electron chi connectivity index (χ0n) is 14.9. The summed E-state index contributed by atoms with van der Waals surface area (Å²) in [7, 11) is -1.03. The third kappa shape index (κ3) is 3.06. The van der Waals surface area contributed by atoms with Crippen LogP contribution in [0.1, 0.15) is 11.1 Å². The van der Waals surface area contributed by atoms with Crippen molar-refractivity contribution < 1.29 is 8.95 Å². The van der Waals surface area contributed by atoms with Crippen LogP contribution in [0, 0.1) is 4.78 Å². The lowest BCUT2D eigenvalue weighted by atomic mass is 9.94. The Morgan fingerprint density at radius 2 is 2.00 bits per heavy atom. The molecule has 4 rings (SSSR count). The van der Waals surface area contributed by atoms with Crippen LogP contribution in [0.15, 0.2) is 48.7 Å². The van der Waals surface area contributed by atoms with Gasteiger partial charge >= 0.3 is 0 Å². The van der Waals surface area contributed by atoms with E-state index >= 15 is 0 Å². The number of benzene rings is 2. The van der Waals surface area contributed by atoms with E-state index in [0.29, 0.717) is 13.1 Å². The molecule has 3 aromatic rings. The van der Waals surface area contributed by atoms with Gasteiger partial charge in [-0.05, 0) is 52.9 Å². The van der Waals surface area contributed by atoms with Crippen molar-refractivity contribution in [3.8, 4) is 16.9 Å². The van der Waals surface area contributed by atoms with Gasteiger partial charge in [-0.15, -0.1) is 0 Å². The molecule has 0 bridgehead atoms.